The van der Waals surface area contributed by atoms with Crippen LogP contribution in [-0.4, -0.2) is 43.2 Å². The predicted molar refractivity (Wildman–Crippen MR) is 145 cm³/mol. The molecule has 0 radical (unpaired) electrons. The number of imidazole rings is 1. The number of hydrogen-bond acceptors (Lipinski definition) is 3. The van der Waals surface area contributed by atoms with E-state index in [1.54, 1.807) is 6.92 Å². The van der Waals surface area contributed by atoms with Crippen molar-refractivity contribution in [2.24, 2.45) is 23.7 Å². The molecule has 2 heterocycles. The summed E-state index contributed by atoms with van der Waals surface area (Å²) < 4.78 is 75.5. The largest absolute Gasteiger partial charge is 0.435 e. The molecule has 0 spiro atoms. The van der Waals surface area contributed by atoms with E-state index in [-0.39, 0.29) is 54.5 Å². The summed E-state index contributed by atoms with van der Waals surface area (Å²) in [6, 6.07) is 0.0961. The number of carbonyl (C=O) groups excluding carboxylic acids is 1. The van der Waals surface area contributed by atoms with Gasteiger partial charge in [0, 0.05) is 55.2 Å². The number of halogens is 5. The van der Waals surface area contributed by atoms with Crippen molar-refractivity contribution in [1.82, 2.24) is 24.2 Å². The van der Waals surface area contributed by atoms with Gasteiger partial charge in [-0.3, -0.25) is 14.9 Å². The van der Waals surface area contributed by atoms with Crippen LogP contribution in [0.25, 0.3) is 0 Å². The van der Waals surface area contributed by atoms with Gasteiger partial charge in [0.05, 0.1) is 0 Å². The lowest BCUT2D eigenvalue weighted by Crippen LogP contribution is -2.48. The Morgan fingerprint density at radius 2 is 1.76 bits per heavy atom. The van der Waals surface area contributed by atoms with Crippen LogP contribution in [0.2, 0.25) is 0 Å². The highest BCUT2D eigenvalue weighted by Gasteiger charge is 2.45. The molecule has 0 aromatic carbocycles. The van der Waals surface area contributed by atoms with Crippen LogP contribution < -0.4 is 10.9 Å². The van der Waals surface area contributed by atoms with Crippen LogP contribution in [0.4, 0.5) is 22.0 Å². The molecule has 2 N–H and O–H groups in total. The third-order valence-electron chi connectivity index (χ3n) is 10.00. The van der Waals surface area contributed by atoms with Crippen LogP contribution in [0, 0.1) is 29.1 Å². The van der Waals surface area contributed by atoms with E-state index < -0.39 is 36.0 Å². The van der Waals surface area contributed by atoms with Crippen molar-refractivity contribution in [3.8, 4) is 0 Å². The van der Waals surface area contributed by atoms with Gasteiger partial charge in [-0.15, -0.1) is 0 Å². The van der Waals surface area contributed by atoms with Gasteiger partial charge in [-0.25, -0.2) is 8.78 Å². The van der Waals surface area contributed by atoms with Gasteiger partial charge in [0.25, 0.3) is 0 Å². The highest BCUT2D eigenvalue weighted by molar-refractivity contribution is 5.79. The Balaban J connectivity index is 1.25. The monoisotopic (exact) mass is 596 g/mol. The average molecular weight is 597 g/mol. The number of aryl methyl sites for hydroxylation is 1. The number of nitrogens with one attached hydrogen (secondary N) is 2. The van der Waals surface area contributed by atoms with Crippen LogP contribution in [0.5, 0.6) is 0 Å². The summed E-state index contributed by atoms with van der Waals surface area (Å²) in [7, 11) is 0. The molecule has 4 fully saturated rings. The molecule has 0 bridgehead atoms. The Morgan fingerprint density at radius 1 is 1.02 bits per heavy atom. The molecule has 6 rings (SSSR count). The maximum atomic E-state index is 14.3. The van der Waals surface area contributed by atoms with E-state index in [0.717, 1.165) is 25.7 Å². The smallest absolute Gasteiger partial charge is 0.353 e. The lowest BCUT2D eigenvalue weighted by atomic mass is 9.72. The molecule has 0 saturated heterocycles. The first kappa shape index (κ1) is 29.4. The van der Waals surface area contributed by atoms with Crippen molar-refractivity contribution in [3.05, 3.63) is 35.5 Å². The van der Waals surface area contributed by atoms with Gasteiger partial charge in [0.1, 0.15) is 12.3 Å². The van der Waals surface area contributed by atoms with Crippen LogP contribution in [-0.2, 0) is 24.1 Å². The van der Waals surface area contributed by atoms with Gasteiger partial charge >= 0.3 is 6.18 Å². The van der Waals surface area contributed by atoms with Crippen molar-refractivity contribution in [2.45, 2.75) is 121 Å². The number of alkyl halides is 5. The highest BCUT2D eigenvalue weighted by atomic mass is 19.4. The van der Waals surface area contributed by atoms with Crippen molar-refractivity contribution in [1.29, 1.82) is 5.41 Å². The highest BCUT2D eigenvalue weighted by Crippen LogP contribution is 2.46. The minimum Gasteiger partial charge on any atom is -0.353 e. The summed E-state index contributed by atoms with van der Waals surface area (Å²) in [5, 5.41) is 15.7. The standard InChI is InChI=1S/C30H41F5N6O/c1-2-40-16-23(27(38-40)30(33,34)35)20-11-17(15-39-9-10-41(29(39)36)22-6-7-22)12-21(13-20)28(42)37-26(18-3-4-18)19-5-8-24(31)25(32)14-19/h9-10,16-22,24-26,36H,2-8,11-15H2,1H3,(H,37,42)/t17?,19?,20?,21?,24?,25?,26-/m0/s1. The molecule has 7 nitrogen and oxygen atoms in total. The van der Waals surface area contributed by atoms with E-state index >= 15 is 0 Å². The van der Waals surface area contributed by atoms with Gasteiger partial charge in [0.15, 0.2) is 5.69 Å². The van der Waals surface area contributed by atoms with Crippen LogP contribution in [0.1, 0.15) is 94.3 Å². The Kier molecular flexibility index (Phi) is 8.02. The minimum absolute atomic E-state index is 0.0879. The van der Waals surface area contributed by atoms with E-state index in [1.165, 1.54) is 10.9 Å². The van der Waals surface area contributed by atoms with Gasteiger partial charge < -0.3 is 14.5 Å². The number of aromatic nitrogens is 4. The summed E-state index contributed by atoms with van der Waals surface area (Å²) in [4.78, 5) is 13.8. The number of carbonyl (C=O) groups is 1. The Labute approximate surface area is 242 Å². The third kappa shape index (κ3) is 6.18. The fraction of sp³-hybridized carbons (Fsp3) is 0.767. The SMILES string of the molecule is CCn1cc(C2CC(Cn3ccn(C4CC4)c3=N)CC(C(=O)N[C@@H](C3CC3)C3CCC(F)C(F)C3)C2)c(C(F)(F)F)n1. The lowest BCUT2D eigenvalue weighted by molar-refractivity contribution is -0.142. The molecule has 2 aromatic rings. The average Bonchev–Trinajstić information content (AvgIpc) is 3.89. The first-order valence-corrected chi connectivity index (χ1v) is 15.6. The fourth-order valence-corrected chi connectivity index (χ4v) is 7.48. The second kappa shape index (κ2) is 11.4. The van der Waals surface area contributed by atoms with Crippen LogP contribution in [0.15, 0.2) is 18.6 Å². The molecular weight excluding hydrogens is 555 g/mol. The second-order valence-corrected chi connectivity index (χ2v) is 13.1. The molecular formula is C30H41F5N6O. The summed E-state index contributed by atoms with van der Waals surface area (Å²) in [5.41, 5.74) is -0.400. The molecule has 6 unspecified atom stereocenters. The zero-order valence-corrected chi connectivity index (χ0v) is 24.0. The van der Waals surface area contributed by atoms with Gasteiger partial charge in [-0.05, 0) is 94.8 Å². The van der Waals surface area contributed by atoms with Gasteiger partial charge in [0.2, 0.25) is 11.5 Å². The summed E-state index contributed by atoms with van der Waals surface area (Å²) in [6.07, 6.45) is 3.52. The number of hydrogen-bond donors (Lipinski definition) is 2. The minimum atomic E-state index is -4.61. The van der Waals surface area contributed by atoms with Crippen molar-refractivity contribution < 1.29 is 26.7 Å². The lowest BCUT2D eigenvalue weighted by Gasteiger charge is -2.38. The van der Waals surface area contributed by atoms with E-state index in [4.69, 9.17) is 5.41 Å². The Morgan fingerprint density at radius 3 is 2.40 bits per heavy atom. The molecule has 7 atom stereocenters. The molecule has 2 aromatic heterocycles. The van der Waals surface area contributed by atoms with E-state index in [1.807, 2.05) is 21.5 Å². The zero-order valence-electron chi connectivity index (χ0n) is 24.0. The molecule has 0 aliphatic heterocycles. The van der Waals surface area contributed by atoms with Gasteiger partial charge in [-0.2, -0.15) is 18.3 Å². The van der Waals surface area contributed by atoms with E-state index in [0.29, 0.717) is 44.0 Å². The number of rotatable bonds is 9. The summed E-state index contributed by atoms with van der Waals surface area (Å²) >= 11 is 0. The Hall–Kier alpha value is -2.66. The maximum absolute atomic E-state index is 14.3. The van der Waals surface area contributed by atoms with Crippen LogP contribution >= 0.6 is 0 Å². The summed E-state index contributed by atoms with van der Waals surface area (Å²) in [5.74, 6) is -1.27. The van der Waals surface area contributed by atoms with E-state index in [9.17, 15) is 26.7 Å². The quantitative estimate of drug-likeness (QED) is 0.353. The molecule has 42 heavy (non-hydrogen) atoms. The first-order chi connectivity index (χ1) is 20.0. The second-order valence-electron chi connectivity index (χ2n) is 13.1. The van der Waals surface area contributed by atoms with E-state index in [2.05, 4.69) is 10.4 Å². The normalized spacial score (nSPS) is 31.2. The van der Waals surface area contributed by atoms with Gasteiger partial charge in [-0.1, -0.05) is 0 Å². The topological polar surface area (TPSA) is 80.6 Å². The Bertz CT molecular complexity index is 1320. The number of nitrogens with zero attached hydrogens (tertiary/aromatic N) is 4. The molecule has 232 valence electrons. The van der Waals surface area contributed by atoms with Crippen molar-refractivity contribution in [2.75, 3.05) is 0 Å². The first-order valence-electron chi connectivity index (χ1n) is 15.6. The third-order valence-corrected chi connectivity index (χ3v) is 10.00. The maximum Gasteiger partial charge on any atom is 0.435 e. The van der Waals surface area contributed by atoms with Crippen molar-refractivity contribution >= 4 is 5.91 Å². The molecule has 4 saturated carbocycles. The predicted octanol–water partition coefficient (Wildman–Crippen LogP) is 5.91. The molecule has 4 aliphatic carbocycles. The van der Waals surface area contributed by atoms with Crippen molar-refractivity contribution in [3.63, 3.8) is 0 Å². The fourth-order valence-electron chi connectivity index (χ4n) is 7.48. The molecule has 1 amide bonds. The molecule has 4 aliphatic rings. The summed E-state index contributed by atoms with van der Waals surface area (Å²) in [6.45, 7) is 2.48. The van der Waals surface area contributed by atoms with Crippen LogP contribution in [0.3, 0.4) is 0 Å². The zero-order chi connectivity index (χ0) is 29.8. The number of amides is 1. The molecule has 12 heteroatoms.